The van der Waals surface area contributed by atoms with Gasteiger partial charge in [-0.05, 0) is 0 Å². The molecule has 0 aliphatic heterocycles. The molecule has 214 valence electrons. The van der Waals surface area contributed by atoms with E-state index in [0.717, 1.165) is 12.8 Å². The predicted octanol–water partition coefficient (Wildman–Crippen LogP) is 2.48. The maximum atomic E-state index is 2.59. The number of aryl methyl sites for hydroxylation is 4. The van der Waals surface area contributed by atoms with Crippen LogP contribution in [0.3, 0.4) is 0 Å². The second kappa shape index (κ2) is 13.8. The Hall–Kier alpha value is -1.96. The predicted molar refractivity (Wildman–Crippen MR) is 172 cm³/mol. The van der Waals surface area contributed by atoms with Crippen molar-refractivity contribution in [2.75, 3.05) is 0 Å². The number of rotatable bonds is 6. The van der Waals surface area contributed by atoms with Crippen molar-refractivity contribution < 1.29 is 45.2 Å². The molecule has 2 aliphatic carbocycles. The largest absolute Gasteiger partial charge is 1.00 e. The van der Waals surface area contributed by atoms with Gasteiger partial charge in [0.05, 0.1) is 0 Å². The van der Waals surface area contributed by atoms with Crippen LogP contribution >= 0.6 is 0 Å². The zero-order valence-electron chi connectivity index (χ0n) is 25.6. The van der Waals surface area contributed by atoms with Crippen molar-refractivity contribution >= 4 is 28.0 Å². The molecule has 0 aromatic heterocycles. The molecule has 6 rings (SSSR count). The van der Waals surface area contributed by atoms with E-state index in [9.17, 15) is 0 Å². The summed E-state index contributed by atoms with van der Waals surface area (Å²) in [7, 11) is 0. The quantitative estimate of drug-likeness (QED) is 0.274. The van der Waals surface area contributed by atoms with Gasteiger partial charge in [-0.1, -0.05) is 0 Å². The van der Waals surface area contributed by atoms with Crippen molar-refractivity contribution in [3.05, 3.63) is 141 Å². The van der Waals surface area contributed by atoms with E-state index in [-0.39, 0.29) is 24.8 Å². The van der Waals surface area contributed by atoms with Crippen LogP contribution in [0.1, 0.15) is 79.5 Å². The monoisotopic (exact) mass is 684 g/mol. The average molecular weight is 687 g/mol. The van der Waals surface area contributed by atoms with Crippen LogP contribution in [0.25, 0.3) is 12.2 Å². The van der Waals surface area contributed by atoms with E-state index < -0.39 is 25.8 Å². The molecule has 0 amide bonds. The van der Waals surface area contributed by atoms with Gasteiger partial charge in [0, 0.05) is 0 Å². The van der Waals surface area contributed by atoms with E-state index >= 15 is 0 Å². The molecule has 2 aliphatic rings. The number of hydrogen-bond donors (Lipinski definition) is 0. The average Bonchev–Trinajstić information content (AvgIpc) is 3.50. The second-order valence-corrected chi connectivity index (χ2v) is 25.7. The van der Waals surface area contributed by atoms with Crippen LogP contribution in [-0.4, -0.2) is 5.43 Å². The summed E-state index contributed by atoms with van der Waals surface area (Å²) in [6.07, 6.45) is 7.37. The molecule has 0 N–H and O–H groups in total. The van der Waals surface area contributed by atoms with Crippen LogP contribution in [0.4, 0.5) is 0 Å². The Morgan fingerprint density at radius 3 is 1.29 bits per heavy atom. The molecular formula is C38H40Cl2SiZr. The summed E-state index contributed by atoms with van der Waals surface area (Å²) in [6, 6.07) is 32.9. The summed E-state index contributed by atoms with van der Waals surface area (Å²) < 4.78 is 1.17. The van der Waals surface area contributed by atoms with Crippen molar-refractivity contribution in [2.45, 2.75) is 61.6 Å². The van der Waals surface area contributed by atoms with Crippen LogP contribution in [0.2, 0.25) is 0 Å². The SMILES string of the molecule is CCc1ccc(C)c2c1C=C(C)[CH]2[Zr+2]([CH]1C(C)=Cc2c(CC)ccc(C)c21)=[Si](c1ccccc1)c1ccccc1.[Cl-].[Cl-]. The molecule has 0 radical (unpaired) electrons. The maximum absolute atomic E-state index is 2.59. The van der Waals surface area contributed by atoms with Gasteiger partial charge in [-0.2, -0.15) is 0 Å². The van der Waals surface area contributed by atoms with Crippen LogP contribution in [-0.2, 0) is 33.2 Å². The molecule has 2 unspecified atom stereocenters. The van der Waals surface area contributed by atoms with Gasteiger partial charge < -0.3 is 24.8 Å². The zero-order chi connectivity index (χ0) is 28.0. The third kappa shape index (κ3) is 5.66. The summed E-state index contributed by atoms with van der Waals surface area (Å²) >= 11 is -2.52. The fourth-order valence-corrected chi connectivity index (χ4v) is 33.1. The standard InChI is InChI=1S/2C13H15.C12H10Si.2ClH.Zr/c2*1-4-11-6-5-10(3)12-7-9(2)8-13(11)12;1-3-7-11(8-4-1)13-12-9-5-2-6-10-12;;;/h2*5-8H,4H2,1-3H3;1-10H;2*1H;/q;;;;;+2/p-2. The molecule has 4 aromatic carbocycles. The van der Waals surface area contributed by atoms with Crippen LogP contribution in [0, 0.1) is 13.8 Å². The van der Waals surface area contributed by atoms with Gasteiger partial charge in [0.25, 0.3) is 0 Å². The summed E-state index contributed by atoms with van der Waals surface area (Å²) in [5.74, 6) is 0. The summed E-state index contributed by atoms with van der Waals surface area (Å²) in [6.45, 7) is 14.3. The normalized spacial score (nSPS) is 16.2. The van der Waals surface area contributed by atoms with E-state index in [1.807, 2.05) is 0 Å². The van der Waals surface area contributed by atoms with Gasteiger partial charge in [0.1, 0.15) is 0 Å². The van der Waals surface area contributed by atoms with Gasteiger partial charge in [-0.15, -0.1) is 0 Å². The number of fused-ring (bicyclic) bond motifs is 2. The maximum Gasteiger partial charge on any atom is -1.00 e. The Bertz CT molecular complexity index is 1580. The van der Waals surface area contributed by atoms with Crippen molar-refractivity contribution in [1.82, 2.24) is 0 Å². The number of allylic oxidation sites excluding steroid dienone is 2. The smallest absolute Gasteiger partial charge is 1.00 e. The van der Waals surface area contributed by atoms with Crippen LogP contribution in [0.15, 0.2) is 96.1 Å². The van der Waals surface area contributed by atoms with E-state index in [4.69, 9.17) is 0 Å². The van der Waals surface area contributed by atoms with E-state index in [2.05, 4.69) is 139 Å². The fraction of sp³-hybridized carbons (Fsp3) is 0.263. The number of halogens is 2. The molecule has 0 heterocycles. The summed E-state index contributed by atoms with van der Waals surface area (Å²) in [5, 5.41) is 3.20. The third-order valence-corrected chi connectivity index (χ3v) is 30.3. The Labute approximate surface area is 273 Å². The van der Waals surface area contributed by atoms with E-state index in [0.29, 0.717) is 7.25 Å². The Morgan fingerprint density at radius 1 is 0.548 bits per heavy atom. The summed E-state index contributed by atoms with van der Waals surface area (Å²) in [4.78, 5) is 0. The minimum Gasteiger partial charge on any atom is -1.00 e. The van der Waals surface area contributed by atoms with Gasteiger partial charge in [-0.3, -0.25) is 0 Å². The molecule has 42 heavy (non-hydrogen) atoms. The molecular weight excluding hydrogens is 647 g/mol. The first-order chi connectivity index (χ1) is 19.4. The van der Waals surface area contributed by atoms with Gasteiger partial charge in [0.15, 0.2) is 0 Å². The Kier molecular flexibility index (Phi) is 10.8. The second-order valence-electron chi connectivity index (χ2n) is 11.7. The first kappa shape index (κ1) is 32.9. The first-order valence-electron chi connectivity index (χ1n) is 14.9. The van der Waals surface area contributed by atoms with Crippen molar-refractivity contribution in [2.24, 2.45) is 0 Å². The Morgan fingerprint density at radius 2 is 0.929 bits per heavy atom. The molecule has 0 fully saturated rings. The summed E-state index contributed by atoms with van der Waals surface area (Å²) in [5.41, 5.74) is 14.7. The molecule has 0 nitrogen and oxygen atoms in total. The van der Waals surface area contributed by atoms with E-state index in [1.54, 1.807) is 43.8 Å². The number of hydrogen-bond acceptors (Lipinski definition) is 0. The van der Waals surface area contributed by atoms with E-state index in [1.165, 1.54) is 22.3 Å². The minimum absolute atomic E-state index is 0. The van der Waals surface area contributed by atoms with Crippen LogP contribution < -0.4 is 35.2 Å². The van der Waals surface area contributed by atoms with Gasteiger partial charge >= 0.3 is 251 Å². The zero-order valence-corrected chi connectivity index (χ0v) is 30.5. The van der Waals surface area contributed by atoms with Gasteiger partial charge in [0.2, 0.25) is 0 Å². The molecule has 0 spiro atoms. The molecule has 0 saturated carbocycles. The fourth-order valence-electron chi connectivity index (χ4n) is 7.35. The first-order valence-corrected chi connectivity index (χ1v) is 22.9. The Balaban J connectivity index is 0.00000202. The van der Waals surface area contributed by atoms with Crippen molar-refractivity contribution in [1.29, 1.82) is 0 Å². The topological polar surface area (TPSA) is 0 Å². The molecule has 2 atom stereocenters. The minimum atomic E-state index is -2.52. The molecule has 4 heteroatoms. The van der Waals surface area contributed by atoms with Crippen molar-refractivity contribution in [3.63, 3.8) is 0 Å². The third-order valence-electron chi connectivity index (χ3n) is 9.22. The van der Waals surface area contributed by atoms with Crippen molar-refractivity contribution in [3.8, 4) is 0 Å². The molecule has 0 saturated heterocycles. The molecule has 0 bridgehead atoms. The van der Waals surface area contributed by atoms with Crippen LogP contribution in [0.5, 0.6) is 0 Å². The molecule has 4 aromatic rings. The number of benzene rings is 4. The van der Waals surface area contributed by atoms with Gasteiger partial charge in [-0.25, -0.2) is 0 Å².